The molecule has 1 heterocycles. The maximum atomic E-state index is 12.7. The van der Waals surface area contributed by atoms with Crippen LogP contribution in [0.25, 0.3) is 0 Å². The second-order valence-corrected chi connectivity index (χ2v) is 9.23. The van der Waals surface area contributed by atoms with Gasteiger partial charge in [0.15, 0.2) is 0 Å². The number of hydrogen-bond donors (Lipinski definition) is 1. The van der Waals surface area contributed by atoms with Crippen LogP contribution in [0.3, 0.4) is 0 Å². The Bertz CT molecular complexity index is 708. The van der Waals surface area contributed by atoms with Crippen molar-refractivity contribution in [2.75, 3.05) is 0 Å². The van der Waals surface area contributed by atoms with E-state index in [2.05, 4.69) is 20.8 Å². The van der Waals surface area contributed by atoms with E-state index >= 15 is 0 Å². The highest BCUT2D eigenvalue weighted by atomic mass is 19.4. The van der Waals surface area contributed by atoms with E-state index in [4.69, 9.17) is 15.0 Å². The lowest BCUT2D eigenvalue weighted by molar-refractivity contribution is -0.199. The maximum absolute atomic E-state index is 12.7. The molecule has 7 heteroatoms. The Morgan fingerprint density at radius 2 is 1.85 bits per heavy atom. The van der Waals surface area contributed by atoms with Crippen LogP contribution in [-0.2, 0) is 21.9 Å². The minimum atomic E-state index is -4.30. The highest BCUT2D eigenvalue weighted by molar-refractivity contribution is 6.47. The third-order valence-corrected chi connectivity index (χ3v) is 7.37. The van der Waals surface area contributed by atoms with Gasteiger partial charge in [-0.25, -0.2) is 0 Å². The molecule has 4 fully saturated rings. The number of halogens is 3. The normalized spacial score (nSPS) is 35.5. The summed E-state index contributed by atoms with van der Waals surface area (Å²) in [5.74, 6) is 0.877. The molecular weight excluding hydrogens is 354 g/mol. The molecule has 2 N–H and O–H groups in total. The lowest BCUT2D eigenvalue weighted by Gasteiger charge is -2.64. The smallest absolute Gasteiger partial charge is 0.404 e. The molecule has 148 valence electrons. The predicted octanol–water partition coefficient (Wildman–Crippen LogP) is 4.23. The summed E-state index contributed by atoms with van der Waals surface area (Å²) in [7, 11) is -0.440. The topological polar surface area (TPSA) is 44.5 Å². The quantitative estimate of drug-likeness (QED) is 0.794. The van der Waals surface area contributed by atoms with Gasteiger partial charge in [-0.05, 0) is 67.6 Å². The number of alkyl halides is 3. The lowest BCUT2D eigenvalue weighted by Crippen LogP contribution is -2.65. The molecule has 3 nitrogen and oxygen atoms in total. The van der Waals surface area contributed by atoms with E-state index in [-0.39, 0.29) is 23.1 Å². The first kappa shape index (κ1) is 19.3. The average Bonchev–Trinajstić information content (AvgIpc) is 2.96. The molecule has 5 rings (SSSR count). The molecule has 3 aliphatic carbocycles. The third-order valence-electron chi connectivity index (χ3n) is 7.37. The fourth-order valence-corrected chi connectivity index (χ4v) is 5.41. The van der Waals surface area contributed by atoms with Crippen LogP contribution in [-0.4, -0.2) is 24.8 Å². The fourth-order valence-electron chi connectivity index (χ4n) is 5.41. The van der Waals surface area contributed by atoms with Gasteiger partial charge in [0.05, 0.1) is 17.3 Å². The van der Waals surface area contributed by atoms with E-state index in [1.54, 1.807) is 0 Å². The van der Waals surface area contributed by atoms with Gasteiger partial charge >= 0.3 is 13.3 Å². The van der Waals surface area contributed by atoms with Gasteiger partial charge in [0.2, 0.25) is 0 Å². The van der Waals surface area contributed by atoms with Crippen LogP contribution in [0.2, 0.25) is 0 Å². The van der Waals surface area contributed by atoms with Gasteiger partial charge in [0.25, 0.3) is 0 Å². The Kier molecular flexibility index (Phi) is 4.45. The molecule has 5 atom stereocenters. The van der Waals surface area contributed by atoms with Crippen molar-refractivity contribution in [3.05, 3.63) is 35.4 Å². The van der Waals surface area contributed by atoms with Crippen molar-refractivity contribution in [3.8, 4) is 0 Å². The molecule has 4 aliphatic rings. The van der Waals surface area contributed by atoms with Crippen LogP contribution in [0.1, 0.15) is 51.2 Å². The molecule has 0 amide bonds. The fraction of sp³-hybridized carbons (Fsp3) is 0.700. The van der Waals surface area contributed by atoms with Crippen molar-refractivity contribution in [2.45, 2.75) is 70.3 Å². The van der Waals surface area contributed by atoms with E-state index in [0.717, 1.165) is 24.1 Å². The first-order valence-corrected chi connectivity index (χ1v) is 9.77. The molecule has 1 saturated heterocycles. The van der Waals surface area contributed by atoms with Crippen LogP contribution in [0.15, 0.2) is 24.3 Å². The lowest BCUT2D eigenvalue weighted by atomic mass is 9.43. The average molecular weight is 381 g/mol. The van der Waals surface area contributed by atoms with Gasteiger partial charge in [0, 0.05) is 5.94 Å². The Hall–Kier alpha value is -1.05. The third kappa shape index (κ3) is 3.12. The van der Waals surface area contributed by atoms with Crippen LogP contribution in [0, 0.1) is 17.3 Å². The van der Waals surface area contributed by atoms with E-state index < -0.39 is 18.9 Å². The summed E-state index contributed by atoms with van der Waals surface area (Å²) in [4.78, 5) is 0. The van der Waals surface area contributed by atoms with Gasteiger partial charge in [0.1, 0.15) is 0 Å². The van der Waals surface area contributed by atoms with Crippen molar-refractivity contribution in [1.82, 2.24) is 0 Å². The largest absolute Gasteiger partial charge is 0.475 e. The molecule has 2 bridgehead atoms. The standard InChI is InChI=1S/C20H27BF3NO2/c1-18(2)14-10-15(18)19(3)16(11-14)26-21(27-19)17(25)9-6-12-4-7-13(8-5-12)20(22,23)24/h4-5,7-8,14-17H,6,9-11,25H2,1-3H3/t14-,15-,16+,17-,19-/m0/s1. The predicted molar refractivity (Wildman–Crippen MR) is 97.9 cm³/mol. The first-order chi connectivity index (χ1) is 12.5. The maximum Gasteiger partial charge on any atom is 0.475 e. The molecule has 3 saturated carbocycles. The second-order valence-electron chi connectivity index (χ2n) is 9.23. The minimum absolute atomic E-state index is 0.0939. The zero-order valence-electron chi connectivity index (χ0n) is 16.1. The number of benzene rings is 1. The van der Waals surface area contributed by atoms with Gasteiger partial charge in [-0.15, -0.1) is 0 Å². The first-order valence-electron chi connectivity index (χ1n) is 9.77. The van der Waals surface area contributed by atoms with Crippen LogP contribution in [0.5, 0.6) is 0 Å². The summed E-state index contributed by atoms with van der Waals surface area (Å²) in [6.45, 7) is 6.78. The SMILES string of the molecule is CC1(C)[C@@H]2C[C@H]3OB([C@@H](N)CCc4ccc(C(F)(F)F)cc4)O[C@@]3(C)[C@H]1C2. The molecule has 1 aliphatic heterocycles. The van der Waals surface area contributed by atoms with Crippen molar-refractivity contribution in [1.29, 1.82) is 0 Å². The Balaban J connectivity index is 1.35. The minimum Gasteiger partial charge on any atom is -0.404 e. The molecule has 0 spiro atoms. The molecule has 1 aromatic carbocycles. The Morgan fingerprint density at radius 1 is 1.19 bits per heavy atom. The molecule has 0 unspecified atom stereocenters. The Labute approximate surface area is 158 Å². The summed E-state index contributed by atoms with van der Waals surface area (Å²) in [6.07, 6.45) is -0.798. The molecular formula is C20H27BF3NO2. The van der Waals surface area contributed by atoms with E-state index in [9.17, 15) is 13.2 Å². The summed E-state index contributed by atoms with van der Waals surface area (Å²) in [5.41, 5.74) is 6.55. The second kappa shape index (κ2) is 6.23. The van der Waals surface area contributed by atoms with Crippen LogP contribution in [0.4, 0.5) is 13.2 Å². The summed E-state index contributed by atoms with van der Waals surface area (Å²) >= 11 is 0. The van der Waals surface area contributed by atoms with Crippen molar-refractivity contribution >= 4 is 7.12 Å². The molecule has 27 heavy (non-hydrogen) atoms. The molecule has 0 radical (unpaired) electrons. The number of hydrogen-bond acceptors (Lipinski definition) is 3. The monoisotopic (exact) mass is 381 g/mol. The highest BCUT2D eigenvalue weighted by Crippen LogP contribution is 2.65. The van der Waals surface area contributed by atoms with E-state index in [1.807, 2.05) is 0 Å². The molecule has 1 aromatic rings. The highest BCUT2D eigenvalue weighted by Gasteiger charge is 2.68. The van der Waals surface area contributed by atoms with Crippen molar-refractivity contribution in [3.63, 3.8) is 0 Å². The van der Waals surface area contributed by atoms with E-state index in [1.165, 1.54) is 18.6 Å². The summed E-state index contributed by atoms with van der Waals surface area (Å²) < 4.78 is 50.5. The van der Waals surface area contributed by atoms with Gasteiger partial charge in [-0.3, -0.25) is 0 Å². The Morgan fingerprint density at radius 3 is 2.44 bits per heavy atom. The van der Waals surface area contributed by atoms with Crippen molar-refractivity contribution in [2.24, 2.45) is 23.0 Å². The van der Waals surface area contributed by atoms with Crippen molar-refractivity contribution < 1.29 is 22.5 Å². The summed E-state index contributed by atoms with van der Waals surface area (Å²) in [5, 5.41) is 0. The molecule has 0 aromatic heterocycles. The van der Waals surface area contributed by atoms with Gasteiger partial charge in [-0.1, -0.05) is 26.0 Å². The zero-order valence-corrected chi connectivity index (χ0v) is 16.1. The zero-order chi connectivity index (χ0) is 19.6. The summed E-state index contributed by atoms with van der Waals surface area (Å²) in [6, 6.07) is 5.28. The number of nitrogens with two attached hydrogens (primary N) is 1. The number of rotatable bonds is 4. The van der Waals surface area contributed by atoms with Crippen LogP contribution >= 0.6 is 0 Å². The van der Waals surface area contributed by atoms with Gasteiger partial charge in [-0.2, -0.15) is 13.2 Å². The number of aryl methyl sites for hydroxylation is 1. The van der Waals surface area contributed by atoms with E-state index in [0.29, 0.717) is 24.7 Å². The van der Waals surface area contributed by atoms with Crippen LogP contribution < -0.4 is 5.73 Å². The van der Waals surface area contributed by atoms with Gasteiger partial charge < -0.3 is 15.0 Å².